The van der Waals surface area contributed by atoms with Crippen molar-refractivity contribution >= 4 is 29.8 Å². The van der Waals surface area contributed by atoms with Gasteiger partial charge in [0.05, 0.1) is 17.4 Å². The Kier molecular flexibility index (Phi) is 9.92. The molecule has 1 aromatic heterocycles. The molecule has 0 aliphatic carbocycles. The molecule has 0 spiro atoms. The SMILES string of the molecule is CCC1C(=O)OCC(NC(=O)c2nccc(C)c2OC(=O)c2ccc(F)cc2)C(=O)OC(C)C1OC(=O)C(C)C. The van der Waals surface area contributed by atoms with E-state index in [1.165, 1.54) is 31.3 Å². The van der Waals surface area contributed by atoms with Gasteiger partial charge in [-0.3, -0.25) is 14.4 Å². The van der Waals surface area contributed by atoms with Crippen LogP contribution < -0.4 is 10.1 Å². The van der Waals surface area contributed by atoms with Gasteiger partial charge >= 0.3 is 23.9 Å². The number of hydrogen-bond acceptors (Lipinski definition) is 10. The van der Waals surface area contributed by atoms with Gasteiger partial charge in [-0.1, -0.05) is 20.8 Å². The Labute approximate surface area is 230 Å². The highest BCUT2D eigenvalue weighted by atomic mass is 19.1. The predicted octanol–water partition coefficient (Wildman–Crippen LogP) is 2.93. The first-order chi connectivity index (χ1) is 18.9. The Bertz CT molecular complexity index is 1280. The number of nitrogens with one attached hydrogen (secondary N) is 1. The third-order valence-electron chi connectivity index (χ3n) is 6.20. The number of ether oxygens (including phenoxy) is 4. The second-order valence-corrected chi connectivity index (χ2v) is 9.57. The number of cyclic esters (lactones) is 2. The number of aryl methyl sites for hydroxylation is 1. The minimum absolute atomic E-state index is 0.0370. The van der Waals surface area contributed by atoms with Crippen LogP contribution in [0.5, 0.6) is 5.75 Å². The van der Waals surface area contributed by atoms with E-state index in [9.17, 15) is 28.4 Å². The highest BCUT2D eigenvalue weighted by molar-refractivity contribution is 5.99. The van der Waals surface area contributed by atoms with Gasteiger partial charge in [0.2, 0.25) is 0 Å². The molecule has 1 aliphatic heterocycles. The van der Waals surface area contributed by atoms with Crippen molar-refractivity contribution in [3.05, 3.63) is 59.2 Å². The predicted molar refractivity (Wildman–Crippen MR) is 137 cm³/mol. The molecule has 4 atom stereocenters. The number of rotatable bonds is 7. The number of pyridine rings is 1. The van der Waals surface area contributed by atoms with E-state index in [-0.39, 0.29) is 23.4 Å². The van der Waals surface area contributed by atoms with Crippen LogP contribution in [0.25, 0.3) is 0 Å². The number of carbonyl (C=O) groups excluding carboxylic acids is 5. The molecule has 0 saturated carbocycles. The summed E-state index contributed by atoms with van der Waals surface area (Å²) in [5.74, 6) is -6.11. The second-order valence-electron chi connectivity index (χ2n) is 9.57. The summed E-state index contributed by atoms with van der Waals surface area (Å²) in [4.78, 5) is 68.0. The highest BCUT2D eigenvalue weighted by Gasteiger charge is 2.41. The van der Waals surface area contributed by atoms with Gasteiger partial charge in [0.25, 0.3) is 5.91 Å². The van der Waals surface area contributed by atoms with Crippen molar-refractivity contribution in [2.75, 3.05) is 6.61 Å². The van der Waals surface area contributed by atoms with E-state index < -0.39 is 72.3 Å². The number of esters is 4. The zero-order valence-corrected chi connectivity index (χ0v) is 22.8. The van der Waals surface area contributed by atoms with Gasteiger partial charge in [0.15, 0.2) is 23.6 Å². The summed E-state index contributed by atoms with van der Waals surface area (Å²) >= 11 is 0. The topological polar surface area (TPSA) is 147 Å². The van der Waals surface area contributed by atoms with Crippen LogP contribution in [0, 0.1) is 24.6 Å². The lowest BCUT2D eigenvalue weighted by molar-refractivity contribution is -0.176. The van der Waals surface area contributed by atoms with Gasteiger partial charge in [0, 0.05) is 6.20 Å². The number of aromatic nitrogens is 1. The molecule has 40 heavy (non-hydrogen) atoms. The first-order valence-electron chi connectivity index (χ1n) is 12.7. The van der Waals surface area contributed by atoms with Crippen molar-refractivity contribution < 1.29 is 47.3 Å². The van der Waals surface area contributed by atoms with Crippen molar-refractivity contribution in [2.24, 2.45) is 11.8 Å². The van der Waals surface area contributed by atoms with Crippen molar-refractivity contribution in [3.63, 3.8) is 0 Å². The summed E-state index contributed by atoms with van der Waals surface area (Å²) in [5, 5.41) is 2.41. The molecule has 214 valence electrons. The molecule has 12 heteroatoms. The second kappa shape index (κ2) is 13.1. The normalized spacial score (nSPS) is 21.3. The number of benzene rings is 1. The molecule has 11 nitrogen and oxygen atoms in total. The molecule has 4 unspecified atom stereocenters. The lowest BCUT2D eigenvalue weighted by Gasteiger charge is -2.29. The van der Waals surface area contributed by atoms with Crippen molar-refractivity contribution in [2.45, 2.75) is 59.3 Å². The number of nitrogens with zero attached hydrogens (tertiary/aromatic N) is 1. The van der Waals surface area contributed by atoms with E-state index in [1.807, 2.05) is 0 Å². The summed E-state index contributed by atoms with van der Waals surface area (Å²) in [6.45, 7) is 7.45. The molecule has 2 heterocycles. The number of carbonyl (C=O) groups is 5. The molecule has 1 N–H and O–H groups in total. The zero-order valence-electron chi connectivity index (χ0n) is 22.8. The van der Waals surface area contributed by atoms with Crippen LogP contribution in [0.1, 0.15) is 60.5 Å². The molecule has 1 fully saturated rings. The smallest absolute Gasteiger partial charge is 0.343 e. The summed E-state index contributed by atoms with van der Waals surface area (Å²) < 4.78 is 34.9. The van der Waals surface area contributed by atoms with Gasteiger partial charge in [-0.05, 0) is 56.2 Å². The van der Waals surface area contributed by atoms with Crippen LogP contribution in [-0.4, -0.2) is 59.6 Å². The van der Waals surface area contributed by atoms with Crippen LogP contribution in [-0.2, 0) is 28.6 Å². The highest BCUT2D eigenvalue weighted by Crippen LogP contribution is 2.25. The van der Waals surface area contributed by atoms with E-state index in [2.05, 4.69) is 10.3 Å². The maximum Gasteiger partial charge on any atom is 0.343 e. The van der Waals surface area contributed by atoms with Crippen molar-refractivity contribution in [1.82, 2.24) is 10.3 Å². The molecule has 0 radical (unpaired) electrons. The summed E-state index contributed by atoms with van der Waals surface area (Å²) in [5.41, 5.74) is 0.0981. The maximum absolute atomic E-state index is 13.2. The van der Waals surface area contributed by atoms with E-state index in [1.54, 1.807) is 27.7 Å². The largest absolute Gasteiger partial charge is 0.463 e. The Hall–Kier alpha value is -4.35. The van der Waals surface area contributed by atoms with E-state index in [0.29, 0.717) is 5.56 Å². The fourth-order valence-corrected chi connectivity index (χ4v) is 3.88. The molecule has 1 aromatic carbocycles. The molecule has 2 aromatic rings. The summed E-state index contributed by atoms with van der Waals surface area (Å²) in [7, 11) is 0. The van der Waals surface area contributed by atoms with Crippen molar-refractivity contribution in [1.29, 1.82) is 0 Å². The molecular formula is C28H31FN2O9. The Morgan fingerprint density at radius 1 is 1.12 bits per heavy atom. The van der Waals surface area contributed by atoms with Crippen LogP contribution >= 0.6 is 0 Å². The molecule has 1 aliphatic rings. The maximum atomic E-state index is 13.2. The molecular weight excluding hydrogens is 527 g/mol. The number of halogens is 1. The molecule has 1 amide bonds. The quantitative estimate of drug-likeness (QED) is 0.397. The van der Waals surface area contributed by atoms with Crippen LogP contribution in [0.4, 0.5) is 4.39 Å². The summed E-state index contributed by atoms with van der Waals surface area (Å²) in [6.07, 6.45) is -0.580. The minimum Gasteiger partial charge on any atom is -0.463 e. The Balaban J connectivity index is 1.82. The molecule has 1 saturated heterocycles. The Morgan fingerprint density at radius 2 is 1.80 bits per heavy atom. The minimum atomic E-state index is -1.45. The van der Waals surface area contributed by atoms with E-state index in [0.717, 1.165) is 12.1 Å². The van der Waals surface area contributed by atoms with E-state index in [4.69, 9.17) is 18.9 Å². The number of hydrogen-bond donors (Lipinski definition) is 1. The van der Waals surface area contributed by atoms with Gasteiger partial charge in [-0.2, -0.15) is 0 Å². The van der Waals surface area contributed by atoms with Crippen molar-refractivity contribution in [3.8, 4) is 5.75 Å². The fourth-order valence-electron chi connectivity index (χ4n) is 3.88. The van der Waals surface area contributed by atoms with Crippen LogP contribution in [0.3, 0.4) is 0 Å². The fraction of sp³-hybridized carbons (Fsp3) is 0.429. The average Bonchev–Trinajstić information content (AvgIpc) is 2.94. The number of amides is 1. The lowest BCUT2D eigenvalue weighted by Crippen LogP contribution is -2.47. The van der Waals surface area contributed by atoms with Crippen LogP contribution in [0.15, 0.2) is 36.5 Å². The van der Waals surface area contributed by atoms with E-state index >= 15 is 0 Å². The summed E-state index contributed by atoms with van der Waals surface area (Å²) in [6, 6.07) is 4.68. The standard InChI is InChI=1S/C28H31FN2O9/c1-6-19-23(40-25(33)14(2)3)16(5)38-28(36)20(13-37-27(19)35)31-24(32)21-22(15(4)11-12-30-21)39-26(34)17-7-9-18(29)10-8-17/h7-12,14,16,19-20,23H,6,13H2,1-5H3,(H,31,32). The molecule has 0 bridgehead atoms. The first kappa shape index (κ1) is 30.2. The monoisotopic (exact) mass is 558 g/mol. The van der Waals surface area contributed by atoms with Gasteiger partial charge in [-0.25, -0.2) is 19.0 Å². The zero-order chi connectivity index (χ0) is 29.6. The first-order valence-corrected chi connectivity index (χ1v) is 12.7. The molecule has 3 rings (SSSR count). The van der Waals surface area contributed by atoms with Crippen LogP contribution in [0.2, 0.25) is 0 Å². The average molecular weight is 559 g/mol. The van der Waals surface area contributed by atoms with Gasteiger partial charge in [0.1, 0.15) is 18.5 Å². The third kappa shape index (κ3) is 7.19. The van der Waals surface area contributed by atoms with Gasteiger partial charge < -0.3 is 24.3 Å². The lowest BCUT2D eigenvalue weighted by atomic mass is 9.95. The Morgan fingerprint density at radius 3 is 2.42 bits per heavy atom. The third-order valence-corrected chi connectivity index (χ3v) is 6.20. The van der Waals surface area contributed by atoms with Gasteiger partial charge in [-0.15, -0.1) is 0 Å².